The summed E-state index contributed by atoms with van der Waals surface area (Å²) in [4.78, 5) is 36.4. The van der Waals surface area contributed by atoms with E-state index in [4.69, 9.17) is 0 Å². The summed E-state index contributed by atoms with van der Waals surface area (Å²) >= 11 is 0. The van der Waals surface area contributed by atoms with Gasteiger partial charge in [-0.05, 0) is 12.5 Å². The lowest BCUT2D eigenvalue weighted by atomic mass is 9.99. The minimum absolute atomic E-state index is 0.0824. The van der Waals surface area contributed by atoms with Gasteiger partial charge in [0, 0.05) is 62.4 Å². The predicted octanol–water partition coefficient (Wildman–Crippen LogP) is -1.90. The Morgan fingerprint density at radius 2 is 1.65 bits per heavy atom. The number of pyridine rings is 1. The van der Waals surface area contributed by atoms with Crippen molar-refractivity contribution in [2.75, 3.05) is 32.7 Å². The lowest BCUT2D eigenvalue weighted by molar-refractivity contribution is -0.909. The van der Waals surface area contributed by atoms with Gasteiger partial charge in [-0.3, -0.25) is 19.6 Å². The summed E-state index contributed by atoms with van der Waals surface area (Å²) in [5.41, 5.74) is 0.612. The molecule has 0 radical (unpaired) electrons. The fourth-order valence-corrected chi connectivity index (χ4v) is 2.66. The fourth-order valence-electron chi connectivity index (χ4n) is 2.66. The molecule has 1 atom stereocenters. The molecule has 1 aliphatic rings. The molecule has 2 heterocycles. The van der Waals surface area contributed by atoms with Crippen molar-refractivity contribution in [3.63, 3.8) is 0 Å². The van der Waals surface area contributed by atoms with Gasteiger partial charge in [-0.2, -0.15) is 0 Å². The monoisotopic (exact) mass is 364 g/mol. The zero-order valence-electron chi connectivity index (χ0n) is 14.7. The fraction of sp³-hybridized carbons (Fsp3) is 0.529. The van der Waals surface area contributed by atoms with Crippen molar-refractivity contribution in [1.82, 2.24) is 21.3 Å². The third-order valence-electron chi connectivity index (χ3n) is 4.12. The molecule has 5 N–H and O–H groups in total. The number of carbonyl (C=O) groups is 3. The predicted molar refractivity (Wildman–Crippen MR) is 92.1 cm³/mol. The van der Waals surface area contributed by atoms with Crippen molar-refractivity contribution in [2.45, 2.75) is 19.3 Å². The summed E-state index contributed by atoms with van der Waals surface area (Å²) < 4.78 is 0.984. The highest BCUT2D eigenvalue weighted by Crippen LogP contribution is 2.08. The van der Waals surface area contributed by atoms with Gasteiger partial charge in [0.25, 0.3) is 0 Å². The van der Waals surface area contributed by atoms with Crippen LogP contribution in [0.2, 0.25) is 0 Å². The first-order valence-corrected chi connectivity index (χ1v) is 8.79. The van der Waals surface area contributed by atoms with E-state index in [0.29, 0.717) is 44.7 Å². The molecule has 9 nitrogen and oxygen atoms in total. The van der Waals surface area contributed by atoms with Crippen LogP contribution in [-0.4, -0.2) is 55.7 Å². The Kier molecular flexibility index (Phi) is 7.81. The molecule has 3 amide bonds. The van der Waals surface area contributed by atoms with Gasteiger partial charge in [0.05, 0.1) is 0 Å². The molecule has 1 aliphatic heterocycles. The van der Waals surface area contributed by atoms with Crippen molar-refractivity contribution >= 4 is 17.7 Å². The maximum Gasteiger partial charge on any atom is 0.234 e. The number of aryl methyl sites for hydroxylation is 1. The highest BCUT2D eigenvalue weighted by molar-refractivity contribution is 6.00. The Bertz CT molecular complexity index is 637. The average Bonchev–Trinajstić information content (AvgIpc) is 2.62. The van der Waals surface area contributed by atoms with Gasteiger partial charge in [-0.1, -0.05) is 0 Å². The summed E-state index contributed by atoms with van der Waals surface area (Å²) in [6.45, 7) is 1.99. The summed E-state index contributed by atoms with van der Waals surface area (Å²) in [5, 5.41) is 21.0. The van der Waals surface area contributed by atoms with Crippen LogP contribution in [0, 0.1) is 5.92 Å². The van der Waals surface area contributed by atoms with Crippen molar-refractivity contribution in [2.24, 2.45) is 5.92 Å². The van der Waals surface area contributed by atoms with Gasteiger partial charge in [0.15, 0.2) is 0 Å². The first-order chi connectivity index (χ1) is 12.6. The zero-order chi connectivity index (χ0) is 18.8. The van der Waals surface area contributed by atoms with Crippen LogP contribution in [0.3, 0.4) is 0 Å². The lowest BCUT2D eigenvalue weighted by Gasteiger charge is -2.17. The van der Waals surface area contributed by atoms with Crippen LogP contribution in [0.25, 0.3) is 0 Å². The molecule has 26 heavy (non-hydrogen) atoms. The van der Waals surface area contributed by atoms with Crippen LogP contribution in [0.5, 0.6) is 0 Å². The normalized spacial score (nSPS) is 20.5. The van der Waals surface area contributed by atoms with Crippen molar-refractivity contribution in [1.29, 1.82) is 0 Å². The van der Waals surface area contributed by atoms with Crippen LogP contribution in [0.4, 0.5) is 0 Å². The molecule has 1 fully saturated rings. The van der Waals surface area contributed by atoms with Crippen LogP contribution in [-0.2, 0) is 20.8 Å². The minimum Gasteiger partial charge on any atom is -0.354 e. The van der Waals surface area contributed by atoms with E-state index in [1.54, 1.807) is 18.2 Å². The summed E-state index contributed by atoms with van der Waals surface area (Å²) in [7, 11) is 0. The number of hydrogen-bond acceptors (Lipinski definition) is 5. The van der Waals surface area contributed by atoms with E-state index < -0.39 is 5.92 Å². The summed E-state index contributed by atoms with van der Waals surface area (Å²) in [5.74, 6) is -1.68. The number of carbonyl (C=O) groups excluding carboxylic acids is 3. The molecule has 0 aromatic carbocycles. The van der Waals surface area contributed by atoms with Gasteiger partial charge in [-0.15, -0.1) is 0 Å². The number of aromatic nitrogens is 1. The van der Waals surface area contributed by atoms with Gasteiger partial charge in [-0.25, -0.2) is 0 Å². The quantitative estimate of drug-likeness (QED) is 0.244. The summed E-state index contributed by atoms with van der Waals surface area (Å²) in [6, 6.07) is 5.20. The second kappa shape index (κ2) is 10.3. The lowest BCUT2D eigenvalue weighted by Crippen LogP contribution is -2.46. The molecule has 142 valence electrons. The van der Waals surface area contributed by atoms with Crippen molar-refractivity contribution in [3.05, 3.63) is 30.1 Å². The number of nitrogens with one attached hydrogen (secondary N) is 4. The van der Waals surface area contributed by atoms with Crippen LogP contribution in [0.1, 0.15) is 18.5 Å². The Morgan fingerprint density at radius 1 is 0.962 bits per heavy atom. The van der Waals surface area contributed by atoms with Gasteiger partial charge in [0.2, 0.25) is 29.6 Å². The molecule has 9 heteroatoms. The molecule has 1 saturated heterocycles. The van der Waals surface area contributed by atoms with Crippen molar-refractivity contribution < 1.29 is 24.3 Å². The third-order valence-corrected chi connectivity index (χ3v) is 4.12. The smallest absolute Gasteiger partial charge is 0.234 e. The highest BCUT2D eigenvalue weighted by Gasteiger charge is 2.27. The Morgan fingerprint density at radius 3 is 2.38 bits per heavy atom. The summed E-state index contributed by atoms with van der Waals surface area (Å²) in [6.07, 6.45) is 2.49. The Labute approximate surface area is 152 Å². The van der Waals surface area contributed by atoms with E-state index in [1.807, 2.05) is 0 Å². The van der Waals surface area contributed by atoms with Crippen LogP contribution < -0.4 is 26.0 Å². The van der Waals surface area contributed by atoms with E-state index >= 15 is 0 Å². The Hall–Kier alpha value is -2.68. The first-order valence-electron chi connectivity index (χ1n) is 8.79. The number of amides is 3. The second-order valence-electron chi connectivity index (χ2n) is 6.06. The molecule has 0 saturated carbocycles. The maximum atomic E-state index is 12.4. The maximum absolute atomic E-state index is 12.4. The van der Waals surface area contributed by atoms with Crippen LogP contribution >= 0.6 is 0 Å². The molecular formula is C17H26N5O4+. The standard InChI is InChI=1S/C17H25N5O4/c23-15-6-7-18-8-9-20-16(24)14(17(25)21-11-10-19-15)5-4-13-3-1-2-12-22(13)26/h1-3,12,14,18H,4-11H2,(H3-,19,20,21,23,24,25,26)/p+1. The van der Waals surface area contributed by atoms with Gasteiger partial charge in [0.1, 0.15) is 5.92 Å². The SMILES string of the molecule is O=C1CCNCCNC(=O)C(CCc2cccc[n+]2O)C(=O)NCCN1. The van der Waals surface area contributed by atoms with E-state index in [2.05, 4.69) is 21.3 Å². The van der Waals surface area contributed by atoms with Gasteiger partial charge >= 0.3 is 0 Å². The molecule has 0 bridgehead atoms. The van der Waals surface area contributed by atoms with Gasteiger partial charge < -0.3 is 21.3 Å². The average molecular weight is 364 g/mol. The highest BCUT2D eigenvalue weighted by atomic mass is 16.5. The largest absolute Gasteiger partial charge is 0.354 e. The molecule has 1 aromatic rings. The van der Waals surface area contributed by atoms with Crippen molar-refractivity contribution in [3.8, 4) is 0 Å². The second-order valence-corrected chi connectivity index (χ2v) is 6.06. The molecule has 1 unspecified atom stereocenters. The molecule has 0 aliphatic carbocycles. The van der Waals surface area contributed by atoms with E-state index in [0.717, 1.165) is 4.73 Å². The number of nitrogens with zero attached hydrogens (tertiary/aromatic N) is 1. The number of rotatable bonds is 3. The zero-order valence-corrected chi connectivity index (χ0v) is 14.7. The molecule has 0 spiro atoms. The van der Waals surface area contributed by atoms with E-state index in [1.165, 1.54) is 6.20 Å². The number of hydrogen-bond donors (Lipinski definition) is 5. The molecule has 1 aromatic heterocycles. The molecular weight excluding hydrogens is 338 g/mol. The van der Waals surface area contributed by atoms with Crippen LogP contribution in [0.15, 0.2) is 24.4 Å². The first kappa shape index (κ1) is 19.6. The molecule has 2 rings (SSSR count). The van der Waals surface area contributed by atoms with E-state index in [9.17, 15) is 19.6 Å². The minimum atomic E-state index is -0.867. The Balaban J connectivity index is 1.99. The third kappa shape index (κ3) is 6.32. The topological polar surface area (TPSA) is 123 Å². The van der Waals surface area contributed by atoms with E-state index in [-0.39, 0.29) is 30.7 Å².